The van der Waals surface area contributed by atoms with Gasteiger partial charge in [-0.3, -0.25) is 4.79 Å². The van der Waals surface area contributed by atoms with Crippen LogP contribution in [0.5, 0.6) is 0 Å². The SMILES string of the molecule is CCC1COC(C)CN1C(=O)CCC1CCNC1. The van der Waals surface area contributed by atoms with Crippen molar-refractivity contribution in [3.63, 3.8) is 0 Å². The molecule has 1 amide bonds. The van der Waals surface area contributed by atoms with E-state index in [0.717, 1.165) is 32.5 Å². The Hall–Kier alpha value is -0.610. The second-order valence-corrected chi connectivity index (χ2v) is 5.65. The molecule has 3 unspecified atom stereocenters. The fourth-order valence-electron chi connectivity index (χ4n) is 2.92. The normalized spacial score (nSPS) is 32.8. The number of nitrogens with one attached hydrogen (secondary N) is 1. The van der Waals surface area contributed by atoms with E-state index in [1.54, 1.807) is 0 Å². The molecule has 2 saturated heterocycles. The van der Waals surface area contributed by atoms with Crippen LogP contribution in [0, 0.1) is 5.92 Å². The lowest BCUT2D eigenvalue weighted by Crippen LogP contribution is -2.51. The van der Waals surface area contributed by atoms with E-state index in [1.165, 1.54) is 6.42 Å². The number of nitrogens with zero attached hydrogens (tertiary/aromatic N) is 1. The zero-order valence-electron chi connectivity index (χ0n) is 11.7. The average Bonchev–Trinajstić information content (AvgIpc) is 2.89. The van der Waals surface area contributed by atoms with Crippen LogP contribution >= 0.6 is 0 Å². The van der Waals surface area contributed by atoms with Gasteiger partial charge >= 0.3 is 0 Å². The molecule has 0 radical (unpaired) electrons. The van der Waals surface area contributed by atoms with Crippen molar-refractivity contribution in [1.82, 2.24) is 10.2 Å². The van der Waals surface area contributed by atoms with Crippen molar-refractivity contribution < 1.29 is 9.53 Å². The molecule has 0 aromatic heterocycles. The van der Waals surface area contributed by atoms with Gasteiger partial charge in [0.25, 0.3) is 0 Å². The number of rotatable bonds is 4. The highest BCUT2D eigenvalue weighted by molar-refractivity contribution is 5.76. The summed E-state index contributed by atoms with van der Waals surface area (Å²) in [5.41, 5.74) is 0. The van der Waals surface area contributed by atoms with Crippen molar-refractivity contribution in [2.75, 3.05) is 26.2 Å². The number of hydrogen-bond acceptors (Lipinski definition) is 3. The van der Waals surface area contributed by atoms with Crippen LogP contribution < -0.4 is 5.32 Å². The Balaban J connectivity index is 1.81. The van der Waals surface area contributed by atoms with Gasteiger partial charge in [-0.05, 0) is 45.2 Å². The van der Waals surface area contributed by atoms with Crippen molar-refractivity contribution >= 4 is 5.91 Å². The highest BCUT2D eigenvalue weighted by atomic mass is 16.5. The fourth-order valence-corrected chi connectivity index (χ4v) is 2.92. The molecule has 2 fully saturated rings. The molecule has 2 aliphatic heterocycles. The molecule has 4 heteroatoms. The molecule has 3 atom stereocenters. The van der Waals surface area contributed by atoms with Crippen molar-refractivity contribution in [3.8, 4) is 0 Å². The molecule has 1 N–H and O–H groups in total. The topological polar surface area (TPSA) is 41.6 Å². The number of hydrogen-bond donors (Lipinski definition) is 1. The molecule has 0 bridgehead atoms. The summed E-state index contributed by atoms with van der Waals surface area (Å²) in [5, 5.41) is 3.36. The Bertz CT molecular complexity index is 277. The monoisotopic (exact) mass is 254 g/mol. The molecule has 18 heavy (non-hydrogen) atoms. The molecule has 0 aliphatic carbocycles. The molecular formula is C14H26N2O2. The van der Waals surface area contributed by atoms with E-state index >= 15 is 0 Å². The van der Waals surface area contributed by atoms with Gasteiger partial charge in [-0.15, -0.1) is 0 Å². The highest BCUT2D eigenvalue weighted by Gasteiger charge is 2.29. The Morgan fingerprint density at radius 3 is 3.00 bits per heavy atom. The first-order chi connectivity index (χ1) is 8.70. The maximum Gasteiger partial charge on any atom is 0.222 e. The van der Waals surface area contributed by atoms with Crippen LogP contribution in [-0.4, -0.2) is 49.2 Å². The second kappa shape index (κ2) is 6.53. The van der Waals surface area contributed by atoms with E-state index in [1.807, 2.05) is 6.92 Å². The van der Waals surface area contributed by atoms with E-state index in [0.29, 0.717) is 24.9 Å². The maximum atomic E-state index is 12.3. The van der Waals surface area contributed by atoms with Crippen LogP contribution in [0.3, 0.4) is 0 Å². The van der Waals surface area contributed by atoms with Gasteiger partial charge in [-0.1, -0.05) is 6.92 Å². The van der Waals surface area contributed by atoms with E-state index in [9.17, 15) is 4.79 Å². The summed E-state index contributed by atoms with van der Waals surface area (Å²) in [4.78, 5) is 14.4. The van der Waals surface area contributed by atoms with E-state index < -0.39 is 0 Å². The molecule has 0 spiro atoms. The average molecular weight is 254 g/mol. The van der Waals surface area contributed by atoms with Crippen molar-refractivity contribution in [2.45, 2.75) is 51.7 Å². The van der Waals surface area contributed by atoms with Crippen LogP contribution in [0.25, 0.3) is 0 Å². The Morgan fingerprint density at radius 2 is 2.33 bits per heavy atom. The molecule has 2 rings (SSSR count). The summed E-state index contributed by atoms with van der Waals surface area (Å²) in [5.74, 6) is 1.02. The minimum Gasteiger partial charge on any atom is -0.375 e. The molecule has 0 aromatic rings. The van der Waals surface area contributed by atoms with Gasteiger partial charge in [0.15, 0.2) is 0 Å². The zero-order chi connectivity index (χ0) is 13.0. The first-order valence-electron chi connectivity index (χ1n) is 7.32. The Morgan fingerprint density at radius 1 is 1.50 bits per heavy atom. The van der Waals surface area contributed by atoms with Crippen LogP contribution in [0.2, 0.25) is 0 Å². The lowest BCUT2D eigenvalue weighted by atomic mass is 10.0. The Kier molecular flexibility index (Phi) is 5.01. The third-order valence-electron chi connectivity index (χ3n) is 4.19. The summed E-state index contributed by atoms with van der Waals surface area (Å²) in [7, 11) is 0. The van der Waals surface area contributed by atoms with Crippen molar-refractivity contribution in [3.05, 3.63) is 0 Å². The van der Waals surface area contributed by atoms with Crippen molar-refractivity contribution in [1.29, 1.82) is 0 Å². The van der Waals surface area contributed by atoms with Gasteiger partial charge in [0.05, 0.1) is 18.8 Å². The number of carbonyl (C=O) groups excluding carboxylic acids is 1. The van der Waals surface area contributed by atoms with E-state index in [4.69, 9.17) is 4.74 Å². The van der Waals surface area contributed by atoms with Gasteiger partial charge in [0.2, 0.25) is 5.91 Å². The largest absolute Gasteiger partial charge is 0.375 e. The first kappa shape index (κ1) is 13.8. The second-order valence-electron chi connectivity index (χ2n) is 5.65. The van der Waals surface area contributed by atoms with E-state index in [-0.39, 0.29) is 12.1 Å². The minimum absolute atomic E-state index is 0.185. The molecule has 0 aromatic carbocycles. The predicted octanol–water partition coefficient (Wildman–Crippen LogP) is 1.40. The summed E-state index contributed by atoms with van der Waals surface area (Å²) in [6, 6.07) is 0.287. The molecule has 2 aliphatic rings. The maximum absolute atomic E-state index is 12.3. The Labute approximate surface area is 110 Å². The van der Waals surface area contributed by atoms with Crippen LogP contribution in [0.1, 0.15) is 39.5 Å². The van der Waals surface area contributed by atoms with Gasteiger partial charge in [0.1, 0.15) is 0 Å². The molecule has 2 heterocycles. The van der Waals surface area contributed by atoms with Crippen molar-refractivity contribution in [2.24, 2.45) is 5.92 Å². The standard InChI is InChI=1S/C14H26N2O2/c1-3-13-10-18-11(2)9-16(13)14(17)5-4-12-6-7-15-8-12/h11-13,15H,3-10H2,1-2H3. The third kappa shape index (κ3) is 3.45. The lowest BCUT2D eigenvalue weighted by Gasteiger charge is -2.38. The third-order valence-corrected chi connectivity index (χ3v) is 4.19. The zero-order valence-corrected chi connectivity index (χ0v) is 11.7. The molecule has 4 nitrogen and oxygen atoms in total. The quantitative estimate of drug-likeness (QED) is 0.824. The lowest BCUT2D eigenvalue weighted by molar-refractivity contribution is -0.144. The van der Waals surface area contributed by atoms with Gasteiger partial charge < -0.3 is 15.0 Å². The first-order valence-corrected chi connectivity index (χ1v) is 7.32. The summed E-state index contributed by atoms with van der Waals surface area (Å²) >= 11 is 0. The predicted molar refractivity (Wildman–Crippen MR) is 71.4 cm³/mol. The van der Waals surface area contributed by atoms with Gasteiger partial charge in [0, 0.05) is 13.0 Å². The van der Waals surface area contributed by atoms with Gasteiger partial charge in [-0.2, -0.15) is 0 Å². The number of amides is 1. The van der Waals surface area contributed by atoms with Gasteiger partial charge in [-0.25, -0.2) is 0 Å². The van der Waals surface area contributed by atoms with Crippen LogP contribution in [0.15, 0.2) is 0 Å². The van der Waals surface area contributed by atoms with Crippen LogP contribution in [0.4, 0.5) is 0 Å². The molecule has 0 saturated carbocycles. The van der Waals surface area contributed by atoms with E-state index in [2.05, 4.69) is 17.1 Å². The summed E-state index contributed by atoms with van der Waals surface area (Å²) < 4.78 is 5.64. The smallest absolute Gasteiger partial charge is 0.222 e. The number of carbonyl (C=O) groups is 1. The summed E-state index contributed by atoms with van der Waals surface area (Å²) in [6.45, 7) is 7.85. The summed E-state index contributed by atoms with van der Waals surface area (Å²) in [6.07, 6.45) is 4.14. The highest BCUT2D eigenvalue weighted by Crippen LogP contribution is 2.19. The number of morpholine rings is 1. The molecular weight excluding hydrogens is 228 g/mol. The fraction of sp³-hybridized carbons (Fsp3) is 0.929. The van der Waals surface area contributed by atoms with Crippen LogP contribution in [-0.2, 0) is 9.53 Å². The number of ether oxygens (including phenoxy) is 1. The molecule has 104 valence electrons. The minimum atomic E-state index is 0.185.